The van der Waals surface area contributed by atoms with Crippen molar-refractivity contribution in [2.75, 3.05) is 6.61 Å². The molecule has 0 saturated carbocycles. The number of nitrogens with zero attached hydrogens (tertiary/aromatic N) is 1. The van der Waals surface area contributed by atoms with Crippen molar-refractivity contribution in [2.45, 2.75) is 69.5 Å². The number of aromatic nitrogens is 1. The summed E-state index contributed by atoms with van der Waals surface area (Å²) >= 11 is -0.652. The van der Waals surface area contributed by atoms with Crippen LogP contribution in [0.1, 0.15) is 47.1 Å². The van der Waals surface area contributed by atoms with Gasteiger partial charge in [-0.3, -0.25) is 0 Å². The molecule has 0 bridgehead atoms. The Hall–Kier alpha value is 0.126. The first-order chi connectivity index (χ1) is 9.42. The third kappa shape index (κ3) is 6.41. The van der Waals surface area contributed by atoms with E-state index in [0.29, 0.717) is 3.43 Å². The van der Waals surface area contributed by atoms with Crippen LogP contribution in [-0.4, -0.2) is 41.1 Å². The maximum atomic E-state index is 6.31. The summed E-state index contributed by atoms with van der Waals surface area (Å²) in [7, 11) is -1.63. The Balaban J connectivity index is 2.69. The molecule has 0 amide bonds. The molecular weight excluding hydrogens is 381 g/mol. The van der Waals surface area contributed by atoms with E-state index in [1.165, 1.54) is 9.27 Å². The zero-order chi connectivity index (χ0) is 16.3. The minimum absolute atomic E-state index is 0.285. The monoisotopic (exact) mass is 413 g/mol. The number of hydrogen-bond acceptors (Lipinski definition) is 2. The Morgan fingerprint density at radius 1 is 1.14 bits per heavy atom. The Morgan fingerprint density at radius 3 is 2.29 bits per heavy atom. The van der Waals surface area contributed by atoms with Crippen LogP contribution in [0.25, 0.3) is 0 Å². The van der Waals surface area contributed by atoms with Gasteiger partial charge in [0.25, 0.3) is 0 Å². The van der Waals surface area contributed by atoms with Crippen molar-refractivity contribution in [3.63, 3.8) is 0 Å². The molecule has 0 saturated heterocycles. The van der Waals surface area contributed by atoms with Crippen LogP contribution in [0.5, 0.6) is 0 Å². The molecule has 0 spiro atoms. The van der Waals surface area contributed by atoms with Crippen LogP contribution >= 0.6 is 0 Å². The summed E-state index contributed by atoms with van der Waals surface area (Å²) in [5.74, 6) is 0. The summed E-state index contributed by atoms with van der Waals surface area (Å²) < 4.78 is 8.15. The van der Waals surface area contributed by atoms with Crippen LogP contribution in [-0.2, 0) is 10.8 Å². The molecule has 4 heteroatoms. The maximum absolute atomic E-state index is 6.31. The molecule has 2 nitrogen and oxygen atoms in total. The van der Waals surface area contributed by atoms with Gasteiger partial charge in [-0.05, 0) is 0 Å². The van der Waals surface area contributed by atoms with E-state index in [1.54, 1.807) is 0 Å². The summed E-state index contributed by atoms with van der Waals surface area (Å²) in [6, 6.07) is 4.30. The molecule has 0 aliphatic heterocycles. The second kappa shape index (κ2) is 7.13. The first kappa shape index (κ1) is 19.2. The molecule has 118 valence electrons. The van der Waals surface area contributed by atoms with E-state index in [9.17, 15) is 0 Å². The molecule has 1 aromatic rings. The van der Waals surface area contributed by atoms with E-state index in [0.717, 1.165) is 13.0 Å². The van der Waals surface area contributed by atoms with Crippen LogP contribution in [0, 0.1) is 0 Å². The molecule has 0 aromatic carbocycles. The van der Waals surface area contributed by atoms with Gasteiger partial charge < -0.3 is 0 Å². The SMILES string of the molecule is C[C](C)(C)[Sn][c]1ncccc1CCO[Si](C)(C)C(C)(C)C. The first-order valence-electron chi connectivity index (χ1n) is 7.78. The van der Waals surface area contributed by atoms with Crippen molar-refractivity contribution in [3.8, 4) is 0 Å². The fourth-order valence-electron chi connectivity index (χ4n) is 1.74. The van der Waals surface area contributed by atoms with Crippen LogP contribution in [0.2, 0.25) is 21.6 Å². The van der Waals surface area contributed by atoms with Crippen LogP contribution in [0.3, 0.4) is 0 Å². The fraction of sp³-hybridized carbons (Fsp3) is 0.706. The Bertz CT molecular complexity index is 461. The predicted octanol–water partition coefficient (Wildman–Crippen LogP) is 4.19. The summed E-state index contributed by atoms with van der Waals surface area (Å²) in [5, 5.41) is 0.285. The van der Waals surface area contributed by atoms with Gasteiger partial charge in [-0.25, -0.2) is 0 Å². The molecule has 1 rings (SSSR count). The van der Waals surface area contributed by atoms with Gasteiger partial charge in [0.05, 0.1) is 0 Å². The number of rotatable bonds is 5. The second-order valence-electron chi connectivity index (χ2n) is 8.24. The standard InChI is InChI=1S/C13H22NOSi.C4H9.Sn/c1-13(2,3)16(4,5)15-10-8-12-7-6-9-14-11-12;1-4(2)3;/h6-7,9H,8,10H2,1-5H3;1-3H3;. The summed E-state index contributed by atoms with van der Waals surface area (Å²) in [5.41, 5.74) is 1.41. The van der Waals surface area contributed by atoms with Crippen LogP contribution in [0.4, 0.5) is 0 Å². The Morgan fingerprint density at radius 2 is 1.76 bits per heavy atom. The summed E-state index contributed by atoms with van der Waals surface area (Å²) in [4.78, 5) is 4.66. The van der Waals surface area contributed by atoms with Crippen molar-refractivity contribution in [1.82, 2.24) is 4.98 Å². The third-order valence-corrected chi connectivity index (χ3v) is 12.7. The van der Waals surface area contributed by atoms with E-state index in [1.807, 2.05) is 6.20 Å². The average molecular weight is 412 g/mol. The van der Waals surface area contributed by atoms with E-state index < -0.39 is 29.5 Å². The fourth-order valence-corrected chi connectivity index (χ4v) is 6.26. The van der Waals surface area contributed by atoms with Gasteiger partial charge in [0.15, 0.2) is 0 Å². The van der Waals surface area contributed by atoms with Gasteiger partial charge in [0.2, 0.25) is 0 Å². The van der Waals surface area contributed by atoms with Gasteiger partial charge in [-0.2, -0.15) is 0 Å². The second-order valence-corrected chi connectivity index (χ2v) is 19.4. The quantitative estimate of drug-likeness (QED) is 0.677. The normalized spacial score (nSPS) is 13.5. The van der Waals surface area contributed by atoms with E-state index in [2.05, 4.69) is 71.8 Å². The Kier molecular flexibility index (Phi) is 6.51. The first-order valence-corrected chi connectivity index (χ1v) is 13.5. The van der Waals surface area contributed by atoms with Gasteiger partial charge in [-0.15, -0.1) is 0 Å². The third-order valence-electron chi connectivity index (χ3n) is 4.03. The molecule has 1 aromatic heterocycles. The molecule has 0 aliphatic carbocycles. The number of pyridine rings is 1. The van der Waals surface area contributed by atoms with E-state index in [-0.39, 0.29) is 5.04 Å². The van der Waals surface area contributed by atoms with Crippen molar-refractivity contribution < 1.29 is 4.43 Å². The zero-order valence-electron chi connectivity index (χ0n) is 15.0. The van der Waals surface area contributed by atoms with Crippen molar-refractivity contribution >= 4 is 33.2 Å². The van der Waals surface area contributed by atoms with Crippen molar-refractivity contribution in [1.29, 1.82) is 0 Å². The van der Waals surface area contributed by atoms with E-state index >= 15 is 0 Å². The summed E-state index contributed by atoms with van der Waals surface area (Å²) in [6.07, 6.45) is 2.95. The van der Waals surface area contributed by atoms with Gasteiger partial charge in [0, 0.05) is 0 Å². The molecule has 2 radical (unpaired) electrons. The average Bonchev–Trinajstić information content (AvgIpc) is 2.27. The molecule has 0 fully saturated rings. The number of hydrogen-bond donors (Lipinski definition) is 0. The molecule has 0 atom stereocenters. The minimum atomic E-state index is -1.63. The predicted molar refractivity (Wildman–Crippen MR) is 96.2 cm³/mol. The molecule has 1 heterocycles. The van der Waals surface area contributed by atoms with Crippen molar-refractivity contribution in [3.05, 3.63) is 23.9 Å². The van der Waals surface area contributed by atoms with Gasteiger partial charge >= 0.3 is 143 Å². The molecule has 0 unspecified atom stereocenters. The Labute approximate surface area is 142 Å². The summed E-state index contributed by atoms with van der Waals surface area (Å²) in [6.45, 7) is 19.4. The van der Waals surface area contributed by atoms with Crippen LogP contribution < -0.4 is 3.71 Å². The molecule has 21 heavy (non-hydrogen) atoms. The van der Waals surface area contributed by atoms with Gasteiger partial charge in [-0.1, -0.05) is 0 Å². The van der Waals surface area contributed by atoms with Crippen molar-refractivity contribution in [2.24, 2.45) is 0 Å². The molecule has 0 N–H and O–H groups in total. The molecule has 0 aliphatic rings. The zero-order valence-corrected chi connectivity index (χ0v) is 18.9. The van der Waals surface area contributed by atoms with Gasteiger partial charge in [0.1, 0.15) is 0 Å². The molecular formula is C17H31NOSiSn. The van der Waals surface area contributed by atoms with Crippen LogP contribution in [0.15, 0.2) is 18.3 Å². The van der Waals surface area contributed by atoms with E-state index in [4.69, 9.17) is 4.43 Å². The topological polar surface area (TPSA) is 22.1 Å².